The van der Waals surface area contributed by atoms with Crippen LogP contribution in [-0.4, -0.2) is 73.7 Å². The van der Waals surface area contributed by atoms with Gasteiger partial charge in [-0.1, -0.05) is 0 Å². The molecular formula is C13H27N3S. The Hall–Kier alpha value is 0.230. The highest BCUT2D eigenvalue weighted by atomic mass is 32.2. The van der Waals surface area contributed by atoms with Crippen molar-refractivity contribution in [3.8, 4) is 0 Å². The van der Waals surface area contributed by atoms with Crippen molar-refractivity contribution in [3.63, 3.8) is 0 Å². The third kappa shape index (κ3) is 3.37. The van der Waals surface area contributed by atoms with Crippen molar-refractivity contribution >= 4 is 11.8 Å². The number of thioether (sulfide) groups is 1. The lowest BCUT2D eigenvalue weighted by atomic mass is 9.86. The number of nitrogens with one attached hydrogen (secondary N) is 1. The maximum absolute atomic E-state index is 3.81. The van der Waals surface area contributed by atoms with Crippen molar-refractivity contribution in [1.29, 1.82) is 0 Å². The molecule has 3 nitrogen and oxygen atoms in total. The highest BCUT2D eigenvalue weighted by Gasteiger charge is 2.36. The van der Waals surface area contributed by atoms with E-state index in [9.17, 15) is 0 Å². The van der Waals surface area contributed by atoms with Crippen LogP contribution in [0.4, 0.5) is 0 Å². The lowest BCUT2D eigenvalue weighted by Gasteiger charge is -2.46. The average Bonchev–Trinajstić information content (AvgIpc) is 2.81. The molecule has 0 radical (unpaired) electrons. The maximum atomic E-state index is 3.81. The zero-order chi connectivity index (χ0) is 12.3. The highest BCUT2D eigenvalue weighted by Crippen LogP contribution is 2.27. The van der Waals surface area contributed by atoms with E-state index in [-0.39, 0.29) is 0 Å². The molecule has 0 amide bonds. The molecule has 2 fully saturated rings. The fourth-order valence-electron chi connectivity index (χ4n) is 2.85. The Bertz CT molecular complexity index is 231. The molecule has 4 heteroatoms. The molecule has 0 bridgehead atoms. The second kappa shape index (κ2) is 5.91. The van der Waals surface area contributed by atoms with Crippen LogP contribution in [0.25, 0.3) is 0 Å². The van der Waals surface area contributed by atoms with Crippen LogP contribution in [0.1, 0.15) is 19.3 Å². The first kappa shape index (κ1) is 13.7. The summed E-state index contributed by atoms with van der Waals surface area (Å²) in [5.41, 5.74) is 0.389. The average molecular weight is 257 g/mol. The third-order valence-corrected chi connectivity index (χ3v) is 5.68. The fraction of sp³-hybridized carbons (Fsp3) is 1.00. The maximum Gasteiger partial charge on any atom is 0.0352 e. The molecule has 0 aromatic carbocycles. The van der Waals surface area contributed by atoms with Crippen LogP contribution >= 0.6 is 11.8 Å². The monoisotopic (exact) mass is 257 g/mol. The fourth-order valence-corrected chi connectivity index (χ4v) is 4.03. The number of piperidine rings is 1. The van der Waals surface area contributed by atoms with Crippen molar-refractivity contribution in [2.45, 2.75) is 30.8 Å². The minimum Gasteiger partial charge on any atom is -0.311 e. The van der Waals surface area contributed by atoms with Crippen molar-refractivity contribution < 1.29 is 0 Å². The number of likely N-dealkylation sites (N-methyl/N-ethyl adjacent to an activating group) is 1. The molecule has 0 saturated carbocycles. The molecule has 1 atom stereocenters. The molecule has 2 rings (SSSR count). The molecule has 17 heavy (non-hydrogen) atoms. The summed E-state index contributed by atoms with van der Waals surface area (Å²) < 4.78 is 0. The van der Waals surface area contributed by atoms with E-state index in [4.69, 9.17) is 0 Å². The minimum atomic E-state index is 0.389. The predicted molar refractivity (Wildman–Crippen MR) is 76.9 cm³/mol. The lowest BCUT2D eigenvalue weighted by Crippen LogP contribution is -2.58. The normalized spacial score (nSPS) is 30.0. The number of hydrogen-bond donors (Lipinski definition) is 1. The van der Waals surface area contributed by atoms with Gasteiger partial charge in [-0.3, -0.25) is 0 Å². The largest absolute Gasteiger partial charge is 0.311 e. The van der Waals surface area contributed by atoms with E-state index < -0.39 is 0 Å². The highest BCUT2D eigenvalue weighted by molar-refractivity contribution is 7.99. The summed E-state index contributed by atoms with van der Waals surface area (Å²) >= 11 is 2.09. The quantitative estimate of drug-likeness (QED) is 0.813. The van der Waals surface area contributed by atoms with Gasteiger partial charge in [-0.05, 0) is 59.2 Å². The molecule has 0 aromatic heterocycles. The SMILES string of the molecule is CN1CCC(CN[C@@H]2CCSC2)(N(C)C)CC1. The smallest absolute Gasteiger partial charge is 0.0352 e. The van der Waals surface area contributed by atoms with Crippen LogP contribution < -0.4 is 5.32 Å². The first-order valence-corrected chi connectivity index (χ1v) is 7.95. The molecule has 0 aromatic rings. The molecule has 2 aliphatic rings. The number of rotatable bonds is 4. The Morgan fingerprint density at radius 2 is 2.06 bits per heavy atom. The van der Waals surface area contributed by atoms with Crippen LogP contribution in [0.15, 0.2) is 0 Å². The van der Waals surface area contributed by atoms with Crippen molar-refractivity contribution in [1.82, 2.24) is 15.1 Å². The summed E-state index contributed by atoms with van der Waals surface area (Å²) in [7, 11) is 6.73. The molecule has 2 saturated heterocycles. The van der Waals surface area contributed by atoms with Gasteiger partial charge in [0.05, 0.1) is 0 Å². The van der Waals surface area contributed by atoms with Gasteiger partial charge in [-0.25, -0.2) is 0 Å². The Balaban J connectivity index is 1.87. The predicted octanol–water partition coefficient (Wildman–Crippen LogP) is 1.11. The van der Waals surface area contributed by atoms with Crippen LogP contribution in [0.5, 0.6) is 0 Å². The van der Waals surface area contributed by atoms with Crippen molar-refractivity contribution in [2.75, 3.05) is 52.3 Å². The van der Waals surface area contributed by atoms with Crippen LogP contribution in [0.3, 0.4) is 0 Å². The van der Waals surface area contributed by atoms with Crippen LogP contribution in [0, 0.1) is 0 Å². The van der Waals surface area contributed by atoms with Crippen molar-refractivity contribution in [3.05, 3.63) is 0 Å². The van der Waals surface area contributed by atoms with E-state index in [1.54, 1.807) is 0 Å². The zero-order valence-corrected chi connectivity index (χ0v) is 12.4. The molecule has 2 aliphatic heterocycles. The summed E-state index contributed by atoms with van der Waals surface area (Å²) in [4.78, 5) is 4.91. The molecular weight excluding hydrogens is 230 g/mol. The molecule has 0 aliphatic carbocycles. The van der Waals surface area contributed by atoms with E-state index in [0.717, 1.165) is 6.04 Å². The van der Waals surface area contributed by atoms with Gasteiger partial charge in [0.2, 0.25) is 0 Å². The van der Waals surface area contributed by atoms with Gasteiger partial charge >= 0.3 is 0 Å². The summed E-state index contributed by atoms with van der Waals surface area (Å²) in [5.74, 6) is 2.65. The minimum absolute atomic E-state index is 0.389. The summed E-state index contributed by atoms with van der Waals surface area (Å²) in [5, 5.41) is 3.81. The second-order valence-corrected chi connectivity index (χ2v) is 7.01. The second-order valence-electron chi connectivity index (χ2n) is 5.86. The van der Waals surface area contributed by atoms with Gasteiger partial charge in [-0.15, -0.1) is 0 Å². The third-order valence-electron chi connectivity index (χ3n) is 4.52. The Labute approximate surface area is 110 Å². The number of likely N-dealkylation sites (tertiary alicyclic amines) is 1. The summed E-state index contributed by atoms with van der Waals surface area (Å²) in [6.07, 6.45) is 3.95. The van der Waals surface area contributed by atoms with Gasteiger partial charge in [-0.2, -0.15) is 11.8 Å². The standard InChI is InChI=1S/C13H27N3S/c1-15(2)13(5-7-16(3)8-6-13)11-14-12-4-9-17-10-12/h12,14H,4-11H2,1-3H3/t12-/m1/s1. The summed E-state index contributed by atoms with van der Waals surface area (Å²) in [6, 6.07) is 0.761. The molecule has 100 valence electrons. The molecule has 2 heterocycles. The molecule has 1 N–H and O–H groups in total. The van der Waals surface area contributed by atoms with Crippen molar-refractivity contribution in [2.24, 2.45) is 0 Å². The van der Waals surface area contributed by atoms with E-state index in [2.05, 4.69) is 48.0 Å². The van der Waals surface area contributed by atoms with E-state index in [0.29, 0.717) is 5.54 Å². The Kier molecular flexibility index (Phi) is 4.75. The Morgan fingerprint density at radius 1 is 1.35 bits per heavy atom. The Morgan fingerprint density at radius 3 is 2.59 bits per heavy atom. The number of nitrogens with zero attached hydrogens (tertiary/aromatic N) is 2. The van der Waals surface area contributed by atoms with Crippen LogP contribution in [-0.2, 0) is 0 Å². The topological polar surface area (TPSA) is 18.5 Å². The molecule has 0 spiro atoms. The van der Waals surface area contributed by atoms with Gasteiger partial charge in [0.15, 0.2) is 0 Å². The first-order valence-electron chi connectivity index (χ1n) is 6.79. The number of hydrogen-bond acceptors (Lipinski definition) is 4. The molecule has 0 unspecified atom stereocenters. The van der Waals surface area contributed by atoms with E-state index in [1.807, 2.05) is 0 Å². The van der Waals surface area contributed by atoms with Crippen LogP contribution in [0.2, 0.25) is 0 Å². The summed E-state index contributed by atoms with van der Waals surface area (Å²) in [6.45, 7) is 3.64. The van der Waals surface area contributed by atoms with Gasteiger partial charge in [0.25, 0.3) is 0 Å². The van der Waals surface area contributed by atoms with E-state index >= 15 is 0 Å². The van der Waals surface area contributed by atoms with Gasteiger partial charge < -0.3 is 15.1 Å². The van der Waals surface area contributed by atoms with Gasteiger partial charge in [0, 0.05) is 23.9 Å². The zero-order valence-electron chi connectivity index (χ0n) is 11.5. The lowest BCUT2D eigenvalue weighted by molar-refractivity contribution is 0.0641. The first-order chi connectivity index (χ1) is 8.12. The van der Waals surface area contributed by atoms with E-state index in [1.165, 1.54) is 50.4 Å². The van der Waals surface area contributed by atoms with Gasteiger partial charge in [0.1, 0.15) is 0 Å².